The third-order valence-corrected chi connectivity index (χ3v) is 5.96. The molecule has 0 fully saturated rings. The van der Waals surface area contributed by atoms with E-state index in [9.17, 15) is 0 Å². The third-order valence-electron chi connectivity index (χ3n) is 3.17. The van der Waals surface area contributed by atoms with Crippen LogP contribution in [0, 0.1) is 3.57 Å². The monoisotopic (exact) mass is 542 g/mol. The van der Waals surface area contributed by atoms with Gasteiger partial charge in [0.1, 0.15) is 13.2 Å². The van der Waals surface area contributed by atoms with E-state index in [1.54, 1.807) is 0 Å². The number of hydrogen-bond donors (Lipinski definition) is 0. The number of hydrogen-bond acceptors (Lipinski definition) is 2. The number of alkyl halides is 1. The van der Waals surface area contributed by atoms with Crippen molar-refractivity contribution in [1.29, 1.82) is 0 Å². The minimum Gasteiger partial charge on any atom is -0.486 e. The zero-order valence-corrected chi connectivity index (χ0v) is 16.8. The fraction of sp³-hybridized carbons (Fsp3) is 0.200. The van der Waals surface area contributed by atoms with Crippen LogP contribution in [0.15, 0.2) is 34.8 Å². The SMILES string of the molecule is Clc1cc2c(cc1C(Br)c1cc(Br)ccc1I)OCCO2. The van der Waals surface area contributed by atoms with Crippen LogP contribution in [0.2, 0.25) is 5.02 Å². The first-order valence-corrected chi connectivity index (χ1v) is 9.41. The lowest BCUT2D eigenvalue weighted by Gasteiger charge is -2.22. The Morgan fingerprint density at radius 1 is 1.05 bits per heavy atom. The number of halogens is 4. The smallest absolute Gasteiger partial charge is 0.162 e. The molecular formula is C15H10Br2ClIO2. The summed E-state index contributed by atoms with van der Waals surface area (Å²) in [6.45, 7) is 1.12. The van der Waals surface area contributed by atoms with E-state index in [2.05, 4.69) is 66.6 Å². The predicted molar refractivity (Wildman–Crippen MR) is 100 cm³/mol. The predicted octanol–water partition coefficient (Wildman–Crippen LogP) is 5.96. The summed E-state index contributed by atoms with van der Waals surface area (Å²) in [5.41, 5.74) is 2.13. The van der Waals surface area contributed by atoms with Crippen molar-refractivity contribution in [2.75, 3.05) is 13.2 Å². The zero-order chi connectivity index (χ0) is 15.0. The molecule has 0 aliphatic carbocycles. The highest BCUT2D eigenvalue weighted by Crippen LogP contribution is 2.43. The van der Waals surface area contributed by atoms with Gasteiger partial charge >= 0.3 is 0 Å². The molecular weight excluding hydrogens is 534 g/mol. The summed E-state index contributed by atoms with van der Waals surface area (Å²) < 4.78 is 13.4. The van der Waals surface area contributed by atoms with E-state index in [0.29, 0.717) is 24.0 Å². The molecule has 0 saturated heterocycles. The van der Waals surface area contributed by atoms with Gasteiger partial charge in [-0.3, -0.25) is 0 Å². The van der Waals surface area contributed by atoms with Crippen molar-refractivity contribution in [1.82, 2.24) is 0 Å². The second-order valence-corrected chi connectivity index (χ2v) is 7.95. The molecule has 2 nitrogen and oxygen atoms in total. The Balaban J connectivity index is 2.05. The van der Waals surface area contributed by atoms with Crippen LogP contribution in [0.25, 0.3) is 0 Å². The van der Waals surface area contributed by atoms with Crippen LogP contribution in [-0.2, 0) is 0 Å². The van der Waals surface area contributed by atoms with Gasteiger partial charge in [-0.25, -0.2) is 0 Å². The molecule has 0 aromatic heterocycles. The van der Waals surface area contributed by atoms with Crippen molar-refractivity contribution in [3.63, 3.8) is 0 Å². The van der Waals surface area contributed by atoms with E-state index >= 15 is 0 Å². The van der Waals surface area contributed by atoms with Gasteiger partial charge in [-0.15, -0.1) is 0 Å². The highest BCUT2D eigenvalue weighted by Gasteiger charge is 2.21. The van der Waals surface area contributed by atoms with Gasteiger partial charge in [-0.1, -0.05) is 43.5 Å². The molecule has 3 rings (SSSR count). The van der Waals surface area contributed by atoms with Gasteiger partial charge in [0.2, 0.25) is 0 Å². The molecule has 1 unspecified atom stereocenters. The quantitative estimate of drug-likeness (QED) is 0.343. The van der Waals surface area contributed by atoms with Crippen LogP contribution < -0.4 is 9.47 Å². The largest absolute Gasteiger partial charge is 0.486 e. The molecule has 110 valence electrons. The summed E-state index contributed by atoms with van der Waals surface area (Å²) in [6, 6.07) is 9.96. The van der Waals surface area contributed by atoms with Gasteiger partial charge in [0.15, 0.2) is 11.5 Å². The molecule has 2 aromatic carbocycles. The first kappa shape index (κ1) is 15.9. The van der Waals surface area contributed by atoms with Gasteiger partial charge in [0.05, 0.1) is 4.83 Å². The molecule has 0 N–H and O–H groups in total. The second kappa shape index (κ2) is 6.64. The Morgan fingerprint density at radius 3 is 2.43 bits per heavy atom. The van der Waals surface area contributed by atoms with E-state index < -0.39 is 0 Å². The molecule has 1 aliphatic heterocycles. The van der Waals surface area contributed by atoms with Crippen molar-refractivity contribution in [2.45, 2.75) is 4.83 Å². The normalized spacial score (nSPS) is 14.9. The Bertz CT molecular complexity index is 694. The molecule has 6 heteroatoms. The molecule has 2 aromatic rings. The molecule has 1 aliphatic rings. The summed E-state index contributed by atoms with van der Waals surface area (Å²) in [6.07, 6.45) is 0. The minimum absolute atomic E-state index is 0.00905. The maximum atomic E-state index is 6.42. The standard InChI is InChI=1S/C15H10Br2ClIO2/c16-8-1-2-12(19)10(5-8)15(17)9-6-13-14(7-11(9)18)21-4-3-20-13/h1-2,5-7,15H,3-4H2. The first-order valence-electron chi connectivity index (χ1n) is 6.24. The maximum absolute atomic E-state index is 6.42. The number of ether oxygens (including phenoxy) is 2. The minimum atomic E-state index is -0.00905. The third kappa shape index (κ3) is 3.35. The Labute approximate surface area is 158 Å². The van der Waals surface area contributed by atoms with E-state index in [0.717, 1.165) is 21.3 Å². The molecule has 0 amide bonds. The highest BCUT2D eigenvalue weighted by atomic mass is 127. The Morgan fingerprint density at radius 2 is 1.71 bits per heavy atom. The average molecular weight is 544 g/mol. The molecule has 0 saturated carbocycles. The summed E-state index contributed by atoms with van der Waals surface area (Å²) >= 11 is 16.0. The van der Waals surface area contributed by atoms with Crippen LogP contribution in [-0.4, -0.2) is 13.2 Å². The van der Waals surface area contributed by atoms with Crippen LogP contribution in [0.3, 0.4) is 0 Å². The Hall–Kier alpha value is 0.0200. The fourth-order valence-electron chi connectivity index (χ4n) is 2.15. The fourth-order valence-corrected chi connectivity index (χ4v) is 4.76. The summed E-state index contributed by atoms with van der Waals surface area (Å²) in [5.74, 6) is 1.45. The topological polar surface area (TPSA) is 18.5 Å². The lowest BCUT2D eigenvalue weighted by Crippen LogP contribution is -2.15. The van der Waals surface area contributed by atoms with E-state index in [4.69, 9.17) is 21.1 Å². The van der Waals surface area contributed by atoms with E-state index in [1.807, 2.05) is 18.2 Å². The highest BCUT2D eigenvalue weighted by molar-refractivity contribution is 14.1. The van der Waals surface area contributed by atoms with Crippen molar-refractivity contribution in [3.05, 3.63) is 54.5 Å². The molecule has 1 atom stereocenters. The van der Waals surface area contributed by atoms with Gasteiger partial charge in [-0.05, 0) is 58.0 Å². The summed E-state index contributed by atoms with van der Waals surface area (Å²) in [4.78, 5) is -0.00905. The summed E-state index contributed by atoms with van der Waals surface area (Å²) in [7, 11) is 0. The first-order chi connectivity index (χ1) is 10.1. The van der Waals surface area contributed by atoms with Crippen molar-refractivity contribution in [2.24, 2.45) is 0 Å². The van der Waals surface area contributed by atoms with Crippen molar-refractivity contribution >= 4 is 66.1 Å². The van der Waals surface area contributed by atoms with Crippen LogP contribution >= 0.6 is 66.1 Å². The molecule has 0 bridgehead atoms. The molecule has 0 radical (unpaired) electrons. The van der Waals surface area contributed by atoms with Gasteiger partial charge < -0.3 is 9.47 Å². The molecule has 21 heavy (non-hydrogen) atoms. The average Bonchev–Trinajstić information content (AvgIpc) is 2.48. The lowest BCUT2D eigenvalue weighted by atomic mass is 10.0. The Kier molecular flexibility index (Phi) is 5.03. The van der Waals surface area contributed by atoms with Gasteiger partial charge in [0.25, 0.3) is 0 Å². The molecule has 1 heterocycles. The summed E-state index contributed by atoms with van der Waals surface area (Å²) in [5, 5.41) is 0.664. The lowest BCUT2D eigenvalue weighted by molar-refractivity contribution is 0.171. The number of benzene rings is 2. The zero-order valence-electron chi connectivity index (χ0n) is 10.7. The van der Waals surface area contributed by atoms with E-state index in [-0.39, 0.29) is 4.83 Å². The number of fused-ring (bicyclic) bond motifs is 1. The van der Waals surface area contributed by atoms with Crippen LogP contribution in [0.1, 0.15) is 16.0 Å². The van der Waals surface area contributed by atoms with Crippen LogP contribution in [0.5, 0.6) is 11.5 Å². The second-order valence-electron chi connectivity index (χ2n) is 4.55. The van der Waals surface area contributed by atoms with Crippen molar-refractivity contribution in [3.8, 4) is 11.5 Å². The van der Waals surface area contributed by atoms with Gasteiger partial charge in [0, 0.05) is 19.1 Å². The van der Waals surface area contributed by atoms with Crippen LogP contribution in [0.4, 0.5) is 0 Å². The van der Waals surface area contributed by atoms with Gasteiger partial charge in [-0.2, -0.15) is 0 Å². The maximum Gasteiger partial charge on any atom is 0.162 e. The number of rotatable bonds is 2. The van der Waals surface area contributed by atoms with E-state index in [1.165, 1.54) is 3.57 Å². The molecule has 0 spiro atoms. The van der Waals surface area contributed by atoms with Crippen molar-refractivity contribution < 1.29 is 9.47 Å².